The van der Waals surface area contributed by atoms with Gasteiger partial charge in [0.1, 0.15) is 5.01 Å². The molecule has 5 heteroatoms. The molecule has 1 aromatic heterocycles. The van der Waals surface area contributed by atoms with Crippen molar-refractivity contribution in [1.82, 2.24) is 10.2 Å². The second-order valence-electron chi connectivity index (χ2n) is 5.99. The molecule has 0 atom stereocenters. The van der Waals surface area contributed by atoms with E-state index in [9.17, 15) is 4.79 Å². The third kappa shape index (κ3) is 3.36. The lowest BCUT2D eigenvalue weighted by Crippen LogP contribution is -2.14. The maximum Gasteiger partial charge on any atom is 0.257 e. The number of aromatic nitrogens is 2. The normalized spacial score (nSPS) is 13.7. The molecular formula is C19H17N3OS. The summed E-state index contributed by atoms with van der Waals surface area (Å²) in [4.78, 5) is 12.6. The van der Waals surface area contributed by atoms with Crippen molar-refractivity contribution in [3.63, 3.8) is 0 Å². The van der Waals surface area contributed by atoms with E-state index in [4.69, 9.17) is 0 Å². The van der Waals surface area contributed by atoms with Crippen molar-refractivity contribution in [1.29, 1.82) is 0 Å². The number of anilines is 1. The van der Waals surface area contributed by atoms with Gasteiger partial charge in [-0.15, -0.1) is 10.2 Å². The van der Waals surface area contributed by atoms with Crippen molar-refractivity contribution in [2.45, 2.75) is 25.2 Å². The number of benzene rings is 2. The number of nitrogens with one attached hydrogen (secondary N) is 1. The highest BCUT2D eigenvalue weighted by Crippen LogP contribution is 2.42. The Labute approximate surface area is 144 Å². The first-order valence-corrected chi connectivity index (χ1v) is 8.88. The Kier molecular flexibility index (Phi) is 4.09. The van der Waals surface area contributed by atoms with E-state index in [0.29, 0.717) is 16.6 Å². The van der Waals surface area contributed by atoms with E-state index < -0.39 is 0 Å². The Morgan fingerprint density at radius 2 is 1.79 bits per heavy atom. The maximum atomic E-state index is 12.6. The summed E-state index contributed by atoms with van der Waals surface area (Å²) in [5, 5.41) is 12.8. The number of hydrogen-bond acceptors (Lipinski definition) is 4. The third-order valence-electron chi connectivity index (χ3n) is 4.09. The van der Waals surface area contributed by atoms with Crippen molar-refractivity contribution < 1.29 is 4.79 Å². The van der Waals surface area contributed by atoms with Crippen LogP contribution in [0.2, 0.25) is 0 Å². The highest BCUT2D eigenvalue weighted by Gasteiger charge is 2.27. The Morgan fingerprint density at radius 3 is 2.58 bits per heavy atom. The minimum Gasteiger partial charge on any atom is -0.296 e. The maximum absolute atomic E-state index is 12.6. The highest BCUT2D eigenvalue weighted by atomic mass is 32.1. The summed E-state index contributed by atoms with van der Waals surface area (Å²) in [6, 6.07) is 17.9. The van der Waals surface area contributed by atoms with Crippen molar-refractivity contribution >= 4 is 22.4 Å². The molecule has 4 nitrogen and oxygen atoms in total. The summed E-state index contributed by atoms with van der Waals surface area (Å²) in [6.45, 7) is 0. The van der Waals surface area contributed by atoms with E-state index in [0.717, 1.165) is 17.0 Å². The Morgan fingerprint density at radius 1 is 1.04 bits per heavy atom. The molecule has 1 amide bonds. The Balaban J connectivity index is 1.53. The molecule has 120 valence electrons. The Bertz CT molecular complexity index is 856. The van der Waals surface area contributed by atoms with Gasteiger partial charge in [0.2, 0.25) is 5.13 Å². The zero-order valence-electron chi connectivity index (χ0n) is 13.1. The van der Waals surface area contributed by atoms with Crippen LogP contribution in [0, 0.1) is 0 Å². The fourth-order valence-corrected chi connectivity index (χ4v) is 3.56. The second kappa shape index (κ2) is 6.53. The molecule has 1 saturated carbocycles. The van der Waals surface area contributed by atoms with Crippen LogP contribution in [0.4, 0.5) is 5.13 Å². The van der Waals surface area contributed by atoms with Crippen LogP contribution < -0.4 is 5.32 Å². The molecule has 0 bridgehead atoms. The number of hydrogen-bond donors (Lipinski definition) is 1. The fourth-order valence-electron chi connectivity index (χ4n) is 2.66. The summed E-state index contributed by atoms with van der Waals surface area (Å²) in [7, 11) is 0. The largest absolute Gasteiger partial charge is 0.296 e. The topological polar surface area (TPSA) is 54.9 Å². The molecule has 3 aromatic rings. The molecule has 0 unspecified atom stereocenters. The van der Waals surface area contributed by atoms with Gasteiger partial charge in [0.05, 0.1) is 0 Å². The zero-order chi connectivity index (χ0) is 16.4. The molecule has 0 radical (unpaired) electrons. The van der Waals surface area contributed by atoms with Gasteiger partial charge in [-0.25, -0.2) is 0 Å². The number of carbonyl (C=O) groups excluding carboxylic acids is 1. The van der Waals surface area contributed by atoms with Gasteiger partial charge >= 0.3 is 0 Å². The predicted molar refractivity (Wildman–Crippen MR) is 95.5 cm³/mol. The first-order valence-electron chi connectivity index (χ1n) is 8.06. The molecule has 0 saturated heterocycles. The molecule has 1 aliphatic rings. The third-order valence-corrected chi connectivity index (χ3v) is 5.09. The van der Waals surface area contributed by atoms with Gasteiger partial charge in [-0.3, -0.25) is 10.1 Å². The number of nitrogens with zero attached hydrogens (tertiary/aromatic N) is 2. The molecule has 0 spiro atoms. The van der Waals surface area contributed by atoms with Crippen LogP contribution >= 0.6 is 11.3 Å². The van der Waals surface area contributed by atoms with E-state index in [1.165, 1.54) is 29.7 Å². The number of carbonyl (C=O) groups is 1. The van der Waals surface area contributed by atoms with E-state index in [-0.39, 0.29) is 5.91 Å². The Hall–Kier alpha value is -2.53. The number of rotatable bonds is 5. The van der Waals surface area contributed by atoms with Crippen LogP contribution in [0.1, 0.15) is 45.3 Å². The highest BCUT2D eigenvalue weighted by molar-refractivity contribution is 7.15. The van der Waals surface area contributed by atoms with Gasteiger partial charge in [0, 0.05) is 11.5 Å². The summed E-state index contributed by atoms with van der Waals surface area (Å²) >= 11 is 1.48. The predicted octanol–water partition coefficient (Wildman–Crippen LogP) is 4.26. The molecule has 0 aliphatic heterocycles. The van der Waals surface area contributed by atoms with Gasteiger partial charge in [0.15, 0.2) is 0 Å². The van der Waals surface area contributed by atoms with Crippen LogP contribution in [-0.2, 0) is 6.42 Å². The van der Waals surface area contributed by atoms with Crippen LogP contribution in [0.5, 0.6) is 0 Å². The standard InChI is InChI=1S/C19H17N3OS/c23-17(20-19-22-21-18(24-19)14-10-11-14)16-9-5-4-8-15(16)12-13-6-2-1-3-7-13/h1-9,14H,10-12H2,(H,20,22,23). The molecule has 2 aromatic carbocycles. The monoisotopic (exact) mass is 335 g/mol. The van der Waals surface area contributed by atoms with E-state index in [1.807, 2.05) is 42.5 Å². The van der Waals surface area contributed by atoms with Gasteiger partial charge in [-0.05, 0) is 36.5 Å². The molecule has 1 heterocycles. The second-order valence-corrected chi connectivity index (χ2v) is 7.00. The van der Waals surface area contributed by atoms with Crippen molar-refractivity contribution in [2.75, 3.05) is 5.32 Å². The first-order chi connectivity index (χ1) is 11.8. The van der Waals surface area contributed by atoms with Gasteiger partial charge in [0.25, 0.3) is 5.91 Å². The van der Waals surface area contributed by atoms with E-state index in [1.54, 1.807) is 0 Å². The van der Waals surface area contributed by atoms with E-state index in [2.05, 4.69) is 27.6 Å². The number of amides is 1. The average Bonchev–Trinajstić information content (AvgIpc) is 3.36. The molecule has 24 heavy (non-hydrogen) atoms. The molecule has 1 aliphatic carbocycles. The van der Waals surface area contributed by atoms with Gasteiger partial charge in [-0.2, -0.15) is 0 Å². The van der Waals surface area contributed by atoms with Gasteiger partial charge < -0.3 is 0 Å². The summed E-state index contributed by atoms with van der Waals surface area (Å²) in [5.74, 6) is 0.429. The van der Waals surface area contributed by atoms with Crippen LogP contribution in [0.15, 0.2) is 54.6 Å². The summed E-state index contributed by atoms with van der Waals surface area (Å²) < 4.78 is 0. The van der Waals surface area contributed by atoms with E-state index >= 15 is 0 Å². The molecule has 1 fully saturated rings. The van der Waals surface area contributed by atoms with Crippen LogP contribution in [0.3, 0.4) is 0 Å². The lowest BCUT2D eigenvalue weighted by Gasteiger charge is -2.09. The van der Waals surface area contributed by atoms with Gasteiger partial charge in [-0.1, -0.05) is 59.9 Å². The van der Waals surface area contributed by atoms with Crippen LogP contribution in [-0.4, -0.2) is 16.1 Å². The smallest absolute Gasteiger partial charge is 0.257 e. The molecule has 4 rings (SSSR count). The van der Waals surface area contributed by atoms with Crippen molar-refractivity contribution in [3.8, 4) is 0 Å². The first kappa shape index (κ1) is 15.0. The zero-order valence-corrected chi connectivity index (χ0v) is 13.9. The van der Waals surface area contributed by atoms with Crippen LogP contribution in [0.25, 0.3) is 0 Å². The fraction of sp³-hybridized carbons (Fsp3) is 0.211. The molecule has 1 N–H and O–H groups in total. The summed E-state index contributed by atoms with van der Waals surface area (Å²) in [6.07, 6.45) is 3.10. The molecular weight excluding hydrogens is 318 g/mol. The lowest BCUT2D eigenvalue weighted by molar-refractivity contribution is 0.102. The minimum absolute atomic E-state index is 0.125. The minimum atomic E-state index is -0.125. The lowest BCUT2D eigenvalue weighted by atomic mass is 9.99. The average molecular weight is 335 g/mol. The van der Waals surface area contributed by atoms with Crippen molar-refractivity contribution in [2.24, 2.45) is 0 Å². The quantitative estimate of drug-likeness (QED) is 0.758. The SMILES string of the molecule is O=C(Nc1nnc(C2CC2)s1)c1ccccc1Cc1ccccc1. The van der Waals surface area contributed by atoms with Crippen molar-refractivity contribution in [3.05, 3.63) is 76.3 Å². The summed E-state index contributed by atoms with van der Waals surface area (Å²) in [5.41, 5.74) is 2.88.